The Bertz CT molecular complexity index is 761. The summed E-state index contributed by atoms with van der Waals surface area (Å²) in [7, 11) is 0. The minimum absolute atomic E-state index is 0.254. The van der Waals surface area contributed by atoms with Gasteiger partial charge in [0.25, 0.3) is 17.7 Å². The molecule has 1 aliphatic rings. The zero-order valence-corrected chi connectivity index (χ0v) is 12.1. The molecule has 0 bridgehead atoms. The molecule has 0 fully saturated rings. The van der Waals surface area contributed by atoms with Gasteiger partial charge in [0.1, 0.15) is 0 Å². The van der Waals surface area contributed by atoms with Crippen LogP contribution in [0.4, 0.5) is 0 Å². The summed E-state index contributed by atoms with van der Waals surface area (Å²) in [4.78, 5) is 40.1. The number of hydrazine groups is 1. The number of aromatic nitrogens is 1. The van der Waals surface area contributed by atoms with Crippen molar-refractivity contribution in [2.24, 2.45) is 0 Å². The second-order valence-electron chi connectivity index (χ2n) is 4.31. The Kier molecular flexibility index (Phi) is 3.26. The number of rotatable bonds is 2. The van der Waals surface area contributed by atoms with Crippen LogP contribution in [0.1, 0.15) is 31.1 Å². The van der Waals surface area contributed by atoms with E-state index >= 15 is 0 Å². The maximum Gasteiger partial charge on any atom is 0.280 e. The summed E-state index contributed by atoms with van der Waals surface area (Å²) >= 11 is 3.24. The van der Waals surface area contributed by atoms with Gasteiger partial charge in [0, 0.05) is 22.4 Å². The predicted molar refractivity (Wildman–Crippen MR) is 76.3 cm³/mol. The maximum absolute atomic E-state index is 12.2. The third-order valence-corrected chi connectivity index (χ3v) is 3.50. The summed E-state index contributed by atoms with van der Waals surface area (Å²) in [5.41, 5.74) is 3.14. The fraction of sp³-hybridized carbons (Fsp3) is 0. The number of amides is 3. The number of nitrogens with one attached hydrogen (secondary N) is 1. The molecule has 0 aliphatic carbocycles. The SMILES string of the molecule is O=C(NN1C(=O)c2ccc(Br)cc2C1=O)c1ccncc1. The average molecular weight is 346 g/mol. The zero-order chi connectivity index (χ0) is 15.0. The number of nitrogens with zero attached hydrogens (tertiary/aromatic N) is 2. The zero-order valence-electron chi connectivity index (χ0n) is 10.5. The van der Waals surface area contributed by atoms with Crippen molar-refractivity contribution in [3.05, 3.63) is 63.9 Å². The largest absolute Gasteiger partial charge is 0.280 e. The highest BCUT2D eigenvalue weighted by Crippen LogP contribution is 2.24. The van der Waals surface area contributed by atoms with E-state index in [-0.39, 0.29) is 11.1 Å². The second-order valence-corrected chi connectivity index (χ2v) is 5.23. The fourth-order valence-corrected chi connectivity index (χ4v) is 2.35. The lowest BCUT2D eigenvalue weighted by Gasteiger charge is -2.14. The van der Waals surface area contributed by atoms with Gasteiger partial charge in [-0.05, 0) is 30.3 Å². The molecule has 6 nitrogen and oxygen atoms in total. The molecule has 0 saturated heterocycles. The number of hydrogen-bond acceptors (Lipinski definition) is 4. The lowest BCUT2D eigenvalue weighted by Crippen LogP contribution is -2.45. The van der Waals surface area contributed by atoms with Crippen LogP contribution in [0.15, 0.2) is 47.2 Å². The van der Waals surface area contributed by atoms with Gasteiger partial charge in [-0.1, -0.05) is 15.9 Å². The van der Waals surface area contributed by atoms with E-state index < -0.39 is 17.7 Å². The normalized spacial score (nSPS) is 13.3. The Balaban J connectivity index is 1.87. The van der Waals surface area contributed by atoms with E-state index in [0.717, 1.165) is 5.01 Å². The lowest BCUT2D eigenvalue weighted by atomic mass is 10.1. The molecule has 3 rings (SSSR count). The molecular formula is C14H8BrN3O3. The molecule has 104 valence electrons. The summed E-state index contributed by atoms with van der Waals surface area (Å²) < 4.78 is 0.685. The molecule has 0 radical (unpaired) electrons. The molecule has 1 aromatic carbocycles. The number of halogens is 1. The Morgan fingerprint density at radius 2 is 1.71 bits per heavy atom. The van der Waals surface area contributed by atoms with Crippen molar-refractivity contribution in [2.45, 2.75) is 0 Å². The molecule has 2 aromatic rings. The van der Waals surface area contributed by atoms with E-state index in [0.29, 0.717) is 10.0 Å². The minimum atomic E-state index is -0.557. The highest BCUT2D eigenvalue weighted by molar-refractivity contribution is 9.10. The molecule has 1 aliphatic heterocycles. The predicted octanol–water partition coefficient (Wildman–Crippen LogP) is 1.79. The van der Waals surface area contributed by atoms with Crippen LogP contribution >= 0.6 is 15.9 Å². The van der Waals surface area contributed by atoms with Gasteiger partial charge < -0.3 is 0 Å². The van der Waals surface area contributed by atoms with Gasteiger partial charge in [0.05, 0.1) is 11.1 Å². The van der Waals surface area contributed by atoms with Crippen LogP contribution in [0.3, 0.4) is 0 Å². The van der Waals surface area contributed by atoms with Crippen molar-refractivity contribution in [1.82, 2.24) is 15.4 Å². The lowest BCUT2D eigenvalue weighted by molar-refractivity contribution is 0.0518. The molecule has 0 unspecified atom stereocenters. The Morgan fingerprint density at radius 3 is 2.43 bits per heavy atom. The van der Waals surface area contributed by atoms with Crippen LogP contribution in [0.2, 0.25) is 0 Å². The van der Waals surface area contributed by atoms with Gasteiger partial charge in [-0.2, -0.15) is 5.01 Å². The van der Waals surface area contributed by atoms with Gasteiger partial charge in [-0.25, -0.2) is 0 Å². The monoisotopic (exact) mass is 345 g/mol. The summed E-state index contributed by atoms with van der Waals surface area (Å²) in [6.45, 7) is 0. The average Bonchev–Trinajstić information content (AvgIpc) is 2.73. The van der Waals surface area contributed by atoms with E-state index in [2.05, 4.69) is 26.3 Å². The first-order valence-corrected chi connectivity index (χ1v) is 6.76. The number of carbonyl (C=O) groups excluding carboxylic acids is 3. The van der Waals surface area contributed by atoms with Gasteiger partial charge in [0.15, 0.2) is 0 Å². The summed E-state index contributed by atoms with van der Waals surface area (Å²) in [6.07, 6.45) is 2.91. The van der Waals surface area contributed by atoms with Crippen LogP contribution in [0, 0.1) is 0 Å². The van der Waals surface area contributed by atoms with Crippen LogP contribution in [-0.4, -0.2) is 27.7 Å². The standard InChI is InChI=1S/C14H8BrN3O3/c15-9-1-2-10-11(7-9)14(21)18(13(10)20)17-12(19)8-3-5-16-6-4-8/h1-7H,(H,17,19). The molecule has 0 atom stereocenters. The number of hydrogen-bond donors (Lipinski definition) is 1. The van der Waals surface area contributed by atoms with Crippen molar-refractivity contribution >= 4 is 33.7 Å². The molecule has 0 spiro atoms. The number of imide groups is 1. The first-order chi connectivity index (χ1) is 10.1. The van der Waals surface area contributed by atoms with E-state index in [1.807, 2.05) is 0 Å². The first-order valence-electron chi connectivity index (χ1n) is 5.97. The van der Waals surface area contributed by atoms with Crippen molar-refractivity contribution in [1.29, 1.82) is 0 Å². The fourth-order valence-electron chi connectivity index (χ4n) is 1.98. The maximum atomic E-state index is 12.2. The van der Waals surface area contributed by atoms with E-state index in [9.17, 15) is 14.4 Å². The number of pyridine rings is 1. The first kappa shape index (κ1) is 13.4. The van der Waals surface area contributed by atoms with E-state index in [1.54, 1.807) is 12.1 Å². The minimum Gasteiger partial charge on any atom is -0.267 e. The van der Waals surface area contributed by atoms with Gasteiger partial charge in [0.2, 0.25) is 0 Å². The van der Waals surface area contributed by atoms with E-state index in [1.165, 1.54) is 30.6 Å². The topological polar surface area (TPSA) is 79.4 Å². The smallest absolute Gasteiger partial charge is 0.267 e. The van der Waals surface area contributed by atoms with Gasteiger partial charge in [-0.3, -0.25) is 24.8 Å². The van der Waals surface area contributed by atoms with Crippen molar-refractivity contribution in [2.75, 3.05) is 0 Å². The van der Waals surface area contributed by atoms with Crippen LogP contribution in [0.5, 0.6) is 0 Å². The highest BCUT2D eigenvalue weighted by atomic mass is 79.9. The Morgan fingerprint density at radius 1 is 1.05 bits per heavy atom. The number of fused-ring (bicyclic) bond motifs is 1. The summed E-state index contributed by atoms with van der Waals surface area (Å²) in [5, 5.41) is 0.722. The van der Waals surface area contributed by atoms with Crippen molar-refractivity contribution < 1.29 is 14.4 Å². The summed E-state index contributed by atoms with van der Waals surface area (Å²) in [6, 6.07) is 7.73. The van der Waals surface area contributed by atoms with Crippen LogP contribution in [0.25, 0.3) is 0 Å². The molecule has 3 amide bonds. The molecule has 2 heterocycles. The third-order valence-electron chi connectivity index (χ3n) is 3.00. The molecule has 1 aromatic heterocycles. The Hall–Kier alpha value is -2.54. The molecule has 21 heavy (non-hydrogen) atoms. The quantitative estimate of drug-likeness (QED) is 0.841. The number of carbonyl (C=O) groups is 3. The highest BCUT2D eigenvalue weighted by Gasteiger charge is 2.37. The molecular weight excluding hydrogens is 338 g/mol. The molecule has 7 heteroatoms. The van der Waals surface area contributed by atoms with Gasteiger partial charge in [-0.15, -0.1) is 0 Å². The Labute approximate surface area is 127 Å². The van der Waals surface area contributed by atoms with E-state index in [4.69, 9.17) is 0 Å². The van der Waals surface area contributed by atoms with Crippen molar-refractivity contribution in [3.63, 3.8) is 0 Å². The van der Waals surface area contributed by atoms with Gasteiger partial charge >= 0.3 is 0 Å². The van der Waals surface area contributed by atoms with Crippen LogP contribution in [-0.2, 0) is 0 Å². The molecule has 0 saturated carbocycles. The third kappa shape index (κ3) is 2.31. The molecule has 1 N–H and O–H groups in total. The van der Waals surface area contributed by atoms with Crippen molar-refractivity contribution in [3.8, 4) is 0 Å². The second kappa shape index (κ2) is 5.10. The summed E-state index contributed by atoms with van der Waals surface area (Å²) in [5.74, 6) is -1.66. The number of benzene rings is 1. The van der Waals surface area contributed by atoms with Crippen LogP contribution < -0.4 is 5.43 Å².